The van der Waals surface area contributed by atoms with E-state index < -0.39 is 0 Å². The second-order valence-electron chi connectivity index (χ2n) is 1.56. The molecule has 0 rings (SSSR count). The van der Waals surface area contributed by atoms with E-state index in [4.69, 9.17) is 0 Å². The summed E-state index contributed by atoms with van der Waals surface area (Å²) in [5.41, 5.74) is 0. The van der Waals surface area contributed by atoms with E-state index in [1.165, 1.54) is 0 Å². The summed E-state index contributed by atoms with van der Waals surface area (Å²) < 4.78 is 0. The molecule has 0 nitrogen and oxygen atoms in total. The molecule has 0 N–H and O–H groups in total. The van der Waals surface area contributed by atoms with Gasteiger partial charge < -0.3 is 12.6 Å². The van der Waals surface area contributed by atoms with E-state index in [1.807, 2.05) is 0 Å². The van der Waals surface area contributed by atoms with Gasteiger partial charge in [0.25, 0.3) is 0 Å². The molecule has 0 aromatic rings. The van der Waals surface area contributed by atoms with Crippen LogP contribution in [0.1, 0.15) is 13.8 Å². The predicted octanol–water partition coefficient (Wildman–Crippen LogP) is -1.81. The maximum atomic E-state index is 4.68. The molecule has 0 saturated carbocycles. The average Bonchev–Trinajstić information content (AvgIpc) is 1.38. The van der Waals surface area contributed by atoms with Crippen molar-refractivity contribution in [2.24, 2.45) is 5.92 Å². The smallest absolute Gasteiger partial charge is 0.792 e. The molecule has 0 radical (unpaired) electrons. The summed E-state index contributed by atoms with van der Waals surface area (Å²) in [5.74, 6) is 1.59. The van der Waals surface area contributed by atoms with Crippen LogP contribution in [-0.2, 0) is 12.6 Å². The fourth-order valence-corrected chi connectivity index (χ4v) is 0. The first-order valence-electron chi connectivity index (χ1n) is 1.85. The van der Waals surface area contributed by atoms with E-state index >= 15 is 0 Å². The van der Waals surface area contributed by atoms with Crippen LogP contribution in [0.5, 0.6) is 0 Å². The molecule has 32 valence electrons. The Balaban J connectivity index is 0. The van der Waals surface area contributed by atoms with Crippen LogP contribution in [0.4, 0.5) is 0 Å². The van der Waals surface area contributed by atoms with Gasteiger partial charge in [-0.1, -0.05) is 19.8 Å². The van der Waals surface area contributed by atoms with Crippen LogP contribution in [0.25, 0.3) is 0 Å². The van der Waals surface area contributed by atoms with Crippen molar-refractivity contribution in [3.8, 4) is 0 Å². The minimum atomic E-state index is 0. The minimum absolute atomic E-state index is 0. The van der Waals surface area contributed by atoms with Crippen LogP contribution >= 0.6 is 0 Å². The summed E-state index contributed by atoms with van der Waals surface area (Å²) in [4.78, 5) is 0. The molecule has 0 aliphatic carbocycles. The third-order valence-electron chi connectivity index (χ3n) is 0.333. The first kappa shape index (κ1) is 10.9. The van der Waals surface area contributed by atoms with Gasteiger partial charge in [0, 0.05) is 0 Å². The van der Waals surface area contributed by atoms with E-state index in [0.717, 1.165) is 5.75 Å². The van der Waals surface area contributed by atoms with Crippen LogP contribution in [0.15, 0.2) is 0 Å². The molecule has 0 heterocycles. The Hall–Kier alpha value is 1.99. The third-order valence-corrected chi connectivity index (χ3v) is 1.000. The zero-order chi connectivity index (χ0) is 4.28. The molecule has 0 bridgehead atoms. The average molecular weight is 128 g/mol. The Morgan fingerprint density at radius 2 is 1.67 bits per heavy atom. The van der Waals surface area contributed by atoms with Gasteiger partial charge in [-0.25, -0.2) is 0 Å². The van der Waals surface area contributed by atoms with Crippen molar-refractivity contribution >= 4 is 12.6 Å². The Kier molecular flexibility index (Phi) is 12.7. The summed E-state index contributed by atoms with van der Waals surface area (Å²) >= 11 is 4.68. The zero-order valence-corrected chi connectivity index (χ0v) is 8.63. The van der Waals surface area contributed by atoms with Gasteiger partial charge in [0.05, 0.1) is 0 Å². The van der Waals surface area contributed by atoms with Gasteiger partial charge in [0.15, 0.2) is 0 Å². The molecule has 0 aliphatic rings. The number of hydrogen-bond acceptors (Lipinski definition) is 1. The van der Waals surface area contributed by atoms with Crippen LogP contribution in [0.3, 0.4) is 0 Å². The molecular weight excluding hydrogens is 119 g/mol. The maximum absolute atomic E-state index is 4.68. The van der Waals surface area contributed by atoms with Crippen LogP contribution in [0.2, 0.25) is 0 Å². The van der Waals surface area contributed by atoms with Crippen LogP contribution in [0, 0.1) is 5.92 Å². The zero-order valence-electron chi connectivity index (χ0n) is 4.69. The van der Waals surface area contributed by atoms with Crippen LogP contribution in [-0.4, -0.2) is 5.75 Å². The summed E-state index contributed by atoms with van der Waals surface area (Å²) in [6, 6.07) is 0. The van der Waals surface area contributed by atoms with Crippen molar-refractivity contribution < 1.29 is 51.4 Å². The Bertz CT molecular complexity index is 21.5. The number of rotatable bonds is 1. The van der Waals surface area contributed by atoms with E-state index in [-0.39, 0.29) is 51.4 Å². The molecule has 0 amide bonds. The Morgan fingerprint density at radius 3 is 1.67 bits per heavy atom. The minimum Gasteiger partial charge on any atom is -0.792 e. The topological polar surface area (TPSA) is 0 Å². The van der Waals surface area contributed by atoms with Crippen molar-refractivity contribution in [3.63, 3.8) is 0 Å². The molecule has 2 heteroatoms. The fourth-order valence-electron chi connectivity index (χ4n) is 0. The van der Waals surface area contributed by atoms with Crippen molar-refractivity contribution in [1.82, 2.24) is 0 Å². The monoisotopic (exact) mass is 128 g/mol. The SMILES string of the molecule is CC(C)C[S-].[K+]. The third kappa shape index (κ3) is 9.37. The molecular formula is C4H9KS. The molecule has 0 unspecified atom stereocenters. The van der Waals surface area contributed by atoms with Gasteiger partial charge >= 0.3 is 51.4 Å². The van der Waals surface area contributed by atoms with Gasteiger partial charge in [-0.2, -0.15) is 5.75 Å². The molecule has 0 aromatic carbocycles. The maximum Gasteiger partial charge on any atom is 1.00 e. The molecule has 0 atom stereocenters. The van der Waals surface area contributed by atoms with Crippen molar-refractivity contribution in [2.75, 3.05) is 5.75 Å². The van der Waals surface area contributed by atoms with Crippen molar-refractivity contribution in [2.45, 2.75) is 13.8 Å². The molecule has 0 spiro atoms. The van der Waals surface area contributed by atoms with Crippen LogP contribution < -0.4 is 51.4 Å². The van der Waals surface area contributed by atoms with Crippen molar-refractivity contribution in [1.29, 1.82) is 0 Å². The number of hydrogen-bond donors (Lipinski definition) is 0. The predicted molar refractivity (Wildman–Crippen MR) is 27.1 cm³/mol. The summed E-state index contributed by atoms with van der Waals surface area (Å²) in [5, 5.41) is 0. The molecule has 0 aromatic heterocycles. The second kappa shape index (κ2) is 6.99. The second-order valence-corrected chi connectivity index (χ2v) is 1.89. The molecule has 0 fully saturated rings. The summed E-state index contributed by atoms with van der Waals surface area (Å²) in [7, 11) is 0. The van der Waals surface area contributed by atoms with Gasteiger partial charge in [-0.05, 0) is 0 Å². The molecule has 6 heavy (non-hydrogen) atoms. The molecule has 0 saturated heterocycles. The largest absolute Gasteiger partial charge is 1.00 e. The van der Waals surface area contributed by atoms with Gasteiger partial charge in [0.1, 0.15) is 0 Å². The van der Waals surface area contributed by atoms with Crippen molar-refractivity contribution in [3.05, 3.63) is 0 Å². The quantitative estimate of drug-likeness (QED) is 0.296. The standard InChI is InChI=1S/C4H10S.K/c1-4(2)3-5;/h4-5H,3H2,1-2H3;/q;+1/p-1. The Labute approximate surface area is 87.9 Å². The fraction of sp³-hybridized carbons (Fsp3) is 1.00. The van der Waals surface area contributed by atoms with E-state index in [2.05, 4.69) is 26.5 Å². The molecule has 0 aliphatic heterocycles. The summed E-state index contributed by atoms with van der Waals surface area (Å²) in [6.07, 6.45) is 0. The van der Waals surface area contributed by atoms with Gasteiger partial charge in [0.2, 0.25) is 0 Å². The van der Waals surface area contributed by atoms with E-state index in [9.17, 15) is 0 Å². The first-order valence-corrected chi connectivity index (χ1v) is 2.43. The van der Waals surface area contributed by atoms with Gasteiger partial charge in [-0.15, -0.1) is 0 Å². The van der Waals surface area contributed by atoms with Gasteiger partial charge in [-0.3, -0.25) is 0 Å². The first-order chi connectivity index (χ1) is 2.27. The van der Waals surface area contributed by atoms with E-state index in [1.54, 1.807) is 0 Å². The normalized spacial score (nSPS) is 8.00. The van der Waals surface area contributed by atoms with E-state index in [0.29, 0.717) is 5.92 Å². The Morgan fingerprint density at radius 1 is 1.50 bits per heavy atom. The summed E-state index contributed by atoms with van der Waals surface area (Å²) in [6.45, 7) is 4.24.